The highest BCUT2D eigenvalue weighted by Gasteiger charge is 2.17. The molecule has 1 aromatic heterocycles. The number of carbonyl (C=O) groups is 1. The van der Waals surface area contributed by atoms with Gasteiger partial charge in [-0.15, -0.1) is 11.3 Å². The second kappa shape index (κ2) is 8.05. The van der Waals surface area contributed by atoms with E-state index in [4.69, 9.17) is 0 Å². The van der Waals surface area contributed by atoms with E-state index in [1.165, 1.54) is 16.9 Å². The summed E-state index contributed by atoms with van der Waals surface area (Å²) in [5, 5.41) is 5.68. The molecule has 25 heavy (non-hydrogen) atoms. The summed E-state index contributed by atoms with van der Waals surface area (Å²) in [4.78, 5) is 19.0. The lowest BCUT2D eigenvalue weighted by Gasteiger charge is -2.24. The van der Waals surface area contributed by atoms with Crippen LogP contribution in [0.2, 0.25) is 0 Å². The number of nitrogens with zero attached hydrogens (tertiary/aromatic N) is 2. The topological polar surface area (TPSA) is 45.2 Å². The quantitative estimate of drug-likeness (QED) is 0.734. The summed E-state index contributed by atoms with van der Waals surface area (Å²) in [6.07, 6.45) is 0. The Bertz CT molecular complexity index is 815. The largest absolute Gasteiger partial charge is 0.349 e. The van der Waals surface area contributed by atoms with Crippen molar-refractivity contribution in [1.29, 1.82) is 0 Å². The van der Waals surface area contributed by atoms with Crippen molar-refractivity contribution >= 4 is 17.2 Å². The van der Waals surface area contributed by atoms with Crippen molar-refractivity contribution in [3.05, 3.63) is 77.3 Å². The molecule has 1 N–H and O–H groups in total. The second-order valence-corrected chi connectivity index (χ2v) is 6.86. The van der Waals surface area contributed by atoms with Gasteiger partial charge in [0.05, 0.1) is 6.04 Å². The number of rotatable bonds is 6. The first-order valence-corrected chi connectivity index (χ1v) is 9.03. The Morgan fingerprint density at radius 2 is 1.72 bits per heavy atom. The van der Waals surface area contributed by atoms with Gasteiger partial charge in [-0.1, -0.05) is 60.7 Å². The fourth-order valence-corrected chi connectivity index (χ4v) is 3.45. The second-order valence-electron chi connectivity index (χ2n) is 6.00. The van der Waals surface area contributed by atoms with E-state index in [1.54, 1.807) is 0 Å². The number of hydrogen-bond donors (Lipinski definition) is 1. The van der Waals surface area contributed by atoms with E-state index < -0.39 is 0 Å². The van der Waals surface area contributed by atoms with Crippen molar-refractivity contribution in [1.82, 2.24) is 15.2 Å². The number of hydrogen-bond acceptors (Lipinski definition) is 4. The lowest BCUT2D eigenvalue weighted by atomic mass is 10.1. The molecule has 128 valence electrons. The molecule has 1 atom stereocenters. The molecule has 0 saturated heterocycles. The fourth-order valence-electron chi connectivity index (χ4n) is 2.65. The van der Waals surface area contributed by atoms with E-state index >= 15 is 0 Å². The fraction of sp³-hybridized carbons (Fsp3) is 0.200. The third-order valence-electron chi connectivity index (χ3n) is 4.02. The van der Waals surface area contributed by atoms with Crippen LogP contribution in [0.5, 0.6) is 0 Å². The van der Waals surface area contributed by atoms with Gasteiger partial charge in [0.25, 0.3) is 5.91 Å². The maximum absolute atomic E-state index is 12.5. The van der Waals surface area contributed by atoms with Crippen LogP contribution in [-0.2, 0) is 0 Å². The molecule has 0 aliphatic rings. The average Bonchev–Trinajstić information content (AvgIpc) is 3.13. The van der Waals surface area contributed by atoms with Crippen LogP contribution in [0, 0.1) is 0 Å². The monoisotopic (exact) mass is 351 g/mol. The summed E-state index contributed by atoms with van der Waals surface area (Å²) in [5.74, 6) is -0.138. The summed E-state index contributed by atoms with van der Waals surface area (Å²) in [7, 11) is 4.03. The summed E-state index contributed by atoms with van der Waals surface area (Å²) in [6, 6.07) is 20.2. The lowest BCUT2D eigenvalue weighted by Crippen LogP contribution is -2.34. The van der Waals surface area contributed by atoms with Crippen LogP contribution in [0.15, 0.2) is 66.0 Å². The van der Waals surface area contributed by atoms with Gasteiger partial charge in [-0.3, -0.25) is 4.79 Å². The number of amides is 1. The van der Waals surface area contributed by atoms with E-state index in [1.807, 2.05) is 68.0 Å². The van der Waals surface area contributed by atoms with Gasteiger partial charge in [-0.25, -0.2) is 4.98 Å². The molecule has 0 bridgehead atoms. The summed E-state index contributed by atoms with van der Waals surface area (Å²) in [6.45, 7) is 0.536. The lowest BCUT2D eigenvalue weighted by molar-refractivity contribution is 0.0937. The number of thiazole rings is 1. The molecular weight excluding hydrogens is 330 g/mol. The molecule has 2 aromatic carbocycles. The SMILES string of the molecule is CN(C)C(CNC(=O)c1csc(-c2ccccc2)n1)c1ccccc1. The zero-order valence-corrected chi connectivity index (χ0v) is 15.2. The summed E-state index contributed by atoms with van der Waals surface area (Å²) in [5.41, 5.74) is 2.67. The highest BCUT2D eigenvalue weighted by molar-refractivity contribution is 7.13. The van der Waals surface area contributed by atoms with Gasteiger partial charge < -0.3 is 10.2 Å². The van der Waals surface area contributed by atoms with Crippen LogP contribution in [0.4, 0.5) is 0 Å². The van der Waals surface area contributed by atoms with Crippen molar-refractivity contribution in [3.63, 3.8) is 0 Å². The van der Waals surface area contributed by atoms with Crippen LogP contribution in [0.25, 0.3) is 10.6 Å². The van der Waals surface area contributed by atoms with Crippen molar-refractivity contribution in [3.8, 4) is 10.6 Å². The smallest absolute Gasteiger partial charge is 0.270 e. The molecule has 0 aliphatic carbocycles. The van der Waals surface area contributed by atoms with E-state index in [-0.39, 0.29) is 11.9 Å². The Kier molecular flexibility index (Phi) is 5.58. The van der Waals surface area contributed by atoms with E-state index in [0.717, 1.165) is 10.6 Å². The van der Waals surface area contributed by atoms with Gasteiger partial charge in [0.2, 0.25) is 0 Å². The highest BCUT2D eigenvalue weighted by atomic mass is 32.1. The summed E-state index contributed by atoms with van der Waals surface area (Å²) < 4.78 is 0. The average molecular weight is 351 g/mol. The standard InChI is InChI=1S/C20H21N3OS/c1-23(2)18(15-9-5-3-6-10-15)13-21-19(24)17-14-25-20(22-17)16-11-7-4-8-12-16/h3-12,14,18H,13H2,1-2H3,(H,21,24). The molecule has 1 unspecified atom stereocenters. The summed E-state index contributed by atoms with van der Waals surface area (Å²) >= 11 is 1.49. The Hall–Kier alpha value is -2.50. The molecule has 0 spiro atoms. The molecule has 0 fully saturated rings. The normalized spacial score (nSPS) is 12.1. The first-order valence-electron chi connectivity index (χ1n) is 8.15. The number of aromatic nitrogens is 1. The Balaban J connectivity index is 1.67. The zero-order chi connectivity index (χ0) is 17.6. The molecule has 1 heterocycles. The maximum atomic E-state index is 12.5. The van der Waals surface area contributed by atoms with Crippen molar-refractivity contribution in [2.45, 2.75) is 6.04 Å². The number of nitrogens with one attached hydrogen (secondary N) is 1. The highest BCUT2D eigenvalue weighted by Crippen LogP contribution is 2.23. The Morgan fingerprint density at radius 1 is 1.08 bits per heavy atom. The van der Waals surface area contributed by atoms with Crippen molar-refractivity contribution < 1.29 is 4.79 Å². The Labute approximate surface area is 152 Å². The third-order valence-corrected chi connectivity index (χ3v) is 4.91. The molecule has 1 amide bonds. The first kappa shape index (κ1) is 17.3. The van der Waals surface area contributed by atoms with Crippen LogP contribution in [0.1, 0.15) is 22.1 Å². The molecule has 0 aliphatic heterocycles. The molecule has 4 nitrogen and oxygen atoms in total. The van der Waals surface area contributed by atoms with Crippen LogP contribution in [-0.4, -0.2) is 36.4 Å². The molecule has 0 saturated carbocycles. The van der Waals surface area contributed by atoms with Crippen molar-refractivity contribution in [2.75, 3.05) is 20.6 Å². The molecule has 5 heteroatoms. The van der Waals surface area contributed by atoms with Gasteiger partial charge in [-0.2, -0.15) is 0 Å². The van der Waals surface area contributed by atoms with Crippen LogP contribution < -0.4 is 5.32 Å². The number of carbonyl (C=O) groups excluding carboxylic acids is 1. The van der Waals surface area contributed by atoms with Gasteiger partial charge in [0.1, 0.15) is 10.7 Å². The van der Waals surface area contributed by atoms with Gasteiger partial charge in [0.15, 0.2) is 0 Å². The number of likely N-dealkylation sites (N-methyl/N-ethyl adjacent to an activating group) is 1. The Morgan fingerprint density at radius 3 is 2.36 bits per heavy atom. The minimum atomic E-state index is -0.138. The van der Waals surface area contributed by atoms with E-state index in [2.05, 4.69) is 27.3 Å². The number of benzene rings is 2. The maximum Gasteiger partial charge on any atom is 0.270 e. The zero-order valence-electron chi connectivity index (χ0n) is 14.3. The minimum Gasteiger partial charge on any atom is -0.349 e. The molecular formula is C20H21N3OS. The van der Waals surface area contributed by atoms with Crippen LogP contribution in [0.3, 0.4) is 0 Å². The van der Waals surface area contributed by atoms with Gasteiger partial charge in [0, 0.05) is 17.5 Å². The van der Waals surface area contributed by atoms with Gasteiger partial charge in [-0.05, 0) is 19.7 Å². The molecule has 3 aromatic rings. The predicted molar refractivity (Wildman–Crippen MR) is 103 cm³/mol. The minimum absolute atomic E-state index is 0.123. The van der Waals surface area contributed by atoms with E-state index in [0.29, 0.717) is 12.2 Å². The van der Waals surface area contributed by atoms with Crippen molar-refractivity contribution in [2.24, 2.45) is 0 Å². The predicted octanol–water partition coefficient (Wildman–Crippen LogP) is 3.84. The molecule has 0 radical (unpaired) electrons. The first-order chi connectivity index (χ1) is 12.1. The third kappa shape index (κ3) is 4.32. The molecule has 3 rings (SSSR count). The van der Waals surface area contributed by atoms with Crippen LogP contribution >= 0.6 is 11.3 Å². The van der Waals surface area contributed by atoms with E-state index in [9.17, 15) is 4.79 Å². The van der Waals surface area contributed by atoms with Gasteiger partial charge >= 0.3 is 0 Å².